The molecule has 4 aromatic heterocycles. The summed E-state index contributed by atoms with van der Waals surface area (Å²) in [6, 6.07) is 6.01. The summed E-state index contributed by atoms with van der Waals surface area (Å²) in [5.74, 6) is 0. The van der Waals surface area contributed by atoms with Crippen molar-refractivity contribution < 1.29 is 9.15 Å². The standard InChI is InChI=1S/C25H26N6O3/c1-14-7-19(8-15(2)33-14)31-23-20-9-16(17-10-26-29(3)12-17)5-6-21(20)34-24(23)22(28-25(31)32)18-11-27-30(4)13-18/h5-6,9-15,19H,7-8H2,1-4H3. The Hall–Kier alpha value is -3.72. The zero-order chi connectivity index (χ0) is 23.6. The molecule has 0 aliphatic carbocycles. The molecule has 0 amide bonds. The Kier molecular flexibility index (Phi) is 4.70. The number of fused-ring (bicyclic) bond motifs is 3. The molecule has 2 unspecified atom stereocenters. The number of benzene rings is 1. The van der Waals surface area contributed by atoms with Gasteiger partial charge in [-0.15, -0.1) is 0 Å². The number of aryl methyl sites for hydroxylation is 2. The molecule has 1 aliphatic rings. The Morgan fingerprint density at radius 2 is 1.62 bits per heavy atom. The molecule has 0 saturated carbocycles. The van der Waals surface area contributed by atoms with Crippen LogP contribution in [0.25, 0.3) is 44.5 Å². The summed E-state index contributed by atoms with van der Waals surface area (Å²) in [7, 11) is 3.73. The van der Waals surface area contributed by atoms with E-state index in [9.17, 15) is 4.79 Å². The Balaban J connectivity index is 1.67. The molecule has 0 spiro atoms. The average Bonchev–Trinajstić information content (AvgIpc) is 3.50. The second-order valence-corrected chi connectivity index (χ2v) is 9.29. The van der Waals surface area contributed by atoms with Gasteiger partial charge in [0.05, 0.1) is 24.6 Å². The Labute approximate surface area is 195 Å². The Bertz CT molecular complexity index is 1580. The number of aromatic nitrogens is 6. The van der Waals surface area contributed by atoms with Crippen molar-refractivity contribution in [3.63, 3.8) is 0 Å². The normalized spacial score (nSPS) is 21.0. The van der Waals surface area contributed by atoms with Gasteiger partial charge < -0.3 is 9.15 Å². The highest BCUT2D eigenvalue weighted by atomic mass is 16.5. The van der Waals surface area contributed by atoms with Crippen molar-refractivity contribution in [2.45, 2.75) is 44.9 Å². The van der Waals surface area contributed by atoms with Crippen LogP contribution in [0.4, 0.5) is 0 Å². The van der Waals surface area contributed by atoms with Gasteiger partial charge in [0.1, 0.15) is 16.8 Å². The predicted octanol–water partition coefficient (Wildman–Crippen LogP) is 4.07. The van der Waals surface area contributed by atoms with Crippen molar-refractivity contribution in [2.24, 2.45) is 14.1 Å². The van der Waals surface area contributed by atoms with Crippen molar-refractivity contribution in [3.8, 4) is 22.4 Å². The van der Waals surface area contributed by atoms with Gasteiger partial charge in [-0.05, 0) is 44.4 Å². The molecule has 34 heavy (non-hydrogen) atoms. The van der Waals surface area contributed by atoms with Crippen molar-refractivity contribution in [1.29, 1.82) is 0 Å². The summed E-state index contributed by atoms with van der Waals surface area (Å²) in [5, 5.41) is 9.46. The molecule has 5 heterocycles. The summed E-state index contributed by atoms with van der Waals surface area (Å²) >= 11 is 0. The first-order valence-corrected chi connectivity index (χ1v) is 11.5. The van der Waals surface area contributed by atoms with Crippen LogP contribution in [-0.4, -0.2) is 41.3 Å². The first kappa shape index (κ1) is 20.9. The lowest BCUT2D eigenvalue weighted by Gasteiger charge is -2.33. The minimum atomic E-state index is -0.285. The predicted molar refractivity (Wildman–Crippen MR) is 128 cm³/mol. The smallest absolute Gasteiger partial charge is 0.349 e. The summed E-state index contributed by atoms with van der Waals surface area (Å²) in [6.45, 7) is 4.10. The van der Waals surface area contributed by atoms with Gasteiger partial charge in [-0.25, -0.2) is 4.79 Å². The van der Waals surface area contributed by atoms with Crippen molar-refractivity contribution in [2.75, 3.05) is 0 Å². The topological polar surface area (TPSA) is 92.9 Å². The van der Waals surface area contributed by atoms with E-state index in [2.05, 4.69) is 35.1 Å². The van der Waals surface area contributed by atoms with Crippen LogP contribution in [0.15, 0.2) is 52.2 Å². The monoisotopic (exact) mass is 458 g/mol. The summed E-state index contributed by atoms with van der Waals surface area (Å²) in [6.07, 6.45) is 8.94. The molecule has 1 aromatic carbocycles. The van der Waals surface area contributed by atoms with Crippen LogP contribution in [0, 0.1) is 0 Å². The molecule has 0 radical (unpaired) electrons. The van der Waals surface area contributed by atoms with Crippen LogP contribution in [-0.2, 0) is 18.8 Å². The summed E-state index contributed by atoms with van der Waals surface area (Å²) in [5.41, 5.74) is 5.06. The van der Waals surface area contributed by atoms with E-state index in [4.69, 9.17) is 9.15 Å². The minimum absolute atomic E-state index is 0.0351. The van der Waals surface area contributed by atoms with E-state index in [0.717, 1.165) is 40.4 Å². The molecule has 1 saturated heterocycles. The molecule has 1 aliphatic heterocycles. The van der Waals surface area contributed by atoms with Crippen LogP contribution < -0.4 is 5.69 Å². The van der Waals surface area contributed by atoms with E-state index < -0.39 is 0 Å². The molecule has 0 bridgehead atoms. The number of furan rings is 1. The Morgan fingerprint density at radius 3 is 2.26 bits per heavy atom. The molecule has 1 fully saturated rings. The van der Waals surface area contributed by atoms with Crippen LogP contribution in [0.3, 0.4) is 0 Å². The maximum absolute atomic E-state index is 13.6. The molecule has 0 N–H and O–H groups in total. The van der Waals surface area contributed by atoms with E-state index in [0.29, 0.717) is 16.9 Å². The zero-order valence-corrected chi connectivity index (χ0v) is 19.6. The second kappa shape index (κ2) is 7.66. The van der Waals surface area contributed by atoms with Gasteiger partial charge >= 0.3 is 5.69 Å². The lowest BCUT2D eigenvalue weighted by Crippen LogP contribution is -2.36. The van der Waals surface area contributed by atoms with E-state index in [1.165, 1.54) is 0 Å². The van der Waals surface area contributed by atoms with E-state index in [1.807, 2.05) is 49.4 Å². The maximum Gasteiger partial charge on any atom is 0.349 e. The number of nitrogens with zero attached hydrogens (tertiary/aromatic N) is 6. The fourth-order valence-electron chi connectivity index (χ4n) is 5.19. The van der Waals surface area contributed by atoms with Crippen LogP contribution in [0.1, 0.15) is 32.7 Å². The van der Waals surface area contributed by atoms with Gasteiger partial charge in [-0.3, -0.25) is 13.9 Å². The molecular formula is C25H26N6O3. The highest BCUT2D eigenvalue weighted by Gasteiger charge is 2.30. The maximum atomic E-state index is 13.6. The lowest BCUT2D eigenvalue weighted by atomic mass is 9.98. The number of ether oxygens (including phenoxy) is 1. The molecule has 9 nitrogen and oxygen atoms in total. The minimum Gasteiger partial charge on any atom is -0.452 e. The third kappa shape index (κ3) is 3.35. The molecule has 6 rings (SSSR count). The summed E-state index contributed by atoms with van der Waals surface area (Å²) < 4.78 is 17.6. The van der Waals surface area contributed by atoms with Crippen LogP contribution in [0.2, 0.25) is 0 Å². The van der Waals surface area contributed by atoms with Gasteiger partial charge in [0, 0.05) is 49.0 Å². The molecule has 9 heteroatoms. The summed E-state index contributed by atoms with van der Waals surface area (Å²) in [4.78, 5) is 18.1. The third-order valence-corrected chi connectivity index (χ3v) is 6.59. The highest BCUT2D eigenvalue weighted by molar-refractivity contribution is 6.07. The molecule has 174 valence electrons. The highest BCUT2D eigenvalue weighted by Crippen LogP contribution is 2.39. The zero-order valence-electron chi connectivity index (χ0n) is 19.6. The first-order valence-electron chi connectivity index (χ1n) is 11.5. The van der Waals surface area contributed by atoms with Crippen molar-refractivity contribution in [1.82, 2.24) is 29.1 Å². The number of hydrogen-bond acceptors (Lipinski definition) is 6. The van der Waals surface area contributed by atoms with Gasteiger partial charge in [0.15, 0.2) is 5.58 Å². The van der Waals surface area contributed by atoms with Gasteiger partial charge in [0.2, 0.25) is 0 Å². The van der Waals surface area contributed by atoms with Crippen LogP contribution >= 0.6 is 0 Å². The van der Waals surface area contributed by atoms with E-state index in [1.54, 1.807) is 15.6 Å². The molecular weight excluding hydrogens is 432 g/mol. The van der Waals surface area contributed by atoms with Crippen molar-refractivity contribution >= 4 is 22.1 Å². The largest absolute Gasteiger partial charge is 0.452 e. The second-order valence-electron chi connectivity index (χ2n) is 9.29. The van der Waals surface area contributed by atoms with Gasteiger partial charge in [-0.2, -0.15) is 15.2 Å². The van der Waals surface area contributed by atoms with E-state index in [-0.39, 0.29) is 23.9 Å². The fraction of sp³-hybridized carbons (Fsp3) is 0.360. The number of rotatable bonds is 3. The quantitative estimate of drug-likeness (QED) is 0.405. The van der Waals surface area contributed by atoms with E-state index >= 15 is 0 Å². The Morgan fingerprint density at radius 1 is 0.941 bits per heavy atom. The molecule has 2 atom stereocenters. The lowest BCUT2D eigenvalue weighted by molar-refractivity contribution is -0.0486. The van der Waals surface area contributed by atoms with Gasteiger partial charge in [-0.1, -0.05) is 6.07 Å². The van der Waals surface area contributed by atoms with Crippen molar-refractivity contribution in [3.05, 3.63) is 53.5 Å². The van der Waals surface area contributed by atoms with Crippen LogP contribution in [0.5, 0.6) is 0 Å². The van der Waals surface area contributed by atoms with Gasteiger partial charge in [0.25, 0.3) is 0 Å². The fourth-order valence-corrected chi connectivity index (χ4v) is 5.19. The average molecular weight is 459 g/mol. The molecule has 5 aromatic rings. The number of hydrogen-bond donors (Lipinski definition) is 0. The first-order chi connectivity index (χ1) is 16.4. The SMILES string of the molecule is CC1CC(n2c(=O)nc(-c3cnn(C)c3)c3oc4ccc(-c5cnn(C)c5)cc4c32)CC(C)O1. The third-order valence-electron chi connectivity index (χ3n) is 6.59.